The van der Waals surface area contributed by atoms with Gasteiger partial charge in [0.1, 0.15) is 5.75 Å². The second-order valence-corrected chi connectivity index (χ2v) is 4.92. The monoisotopic (exact) mass is 347 g/mol. The normalized spacial score (nSPS) is 10.6. The van der Waals surface area contributed by atoms with Crippen LogP contribution in [0.4, 0.5) is 5.82 Å². The fourth-order valence-corrected chi connectivity index (χ4v) is 2.30. The summed E-state index contributed by atoms with van der Waals surface area (Å²) >= 11 is 3.41. The van der Waals surface area contributed by atoms with Crippen LogP contribution in [0.25, 0.3) is 23.0 Å². The first-order valence-electron chi connectivity index (χ1n) is 5.93. The van der Waals surface area contributed by atoms with Crippen molar-refractivity contribution in [2.24, 2.45) is 0 Å². The van der Waals surface area contributed by atoms with Crippen molar-refractivity contribution in [1.29, 1.82) is 0 Å². The highest BCUT2D eigenvalue weighted by Gasteiger charge is 2.15. The Morgan fingerprint density at radius 2 is 2.05 bits per heavy atom. The molecule has 3 rings (SSSR count). The average Bonchev–Trinajstić information content (AvgIpc) is 2.97. The van der Waals surface area contributed by atoms with Gasteiger partial charge in [0.25, 0.3) is 5.89 Å². The van der Waals surface area contributed by atoms with E-state index in [2.05, 4.69) is 36.0 Å². The first-order chi connectivity index (χ1) is 10.2. The van der Waals surface area contributed by atoms with Crippen molar-refractivity contribution in [3.05, 3.63) is 35.1 Å². The van der Waals surface area contributed by atoms with Crippen molar-refractivity contribution in [2.45, 2.75) is 0 Å². The van der Waals surface area contributed by atoms with Gasteiger partial charge in [-0.2, -0.15) is 4.98 Å². The lowest BCUT2D eigenvalue weighted by molar-refractivity contribution is 0.412. The second kappa shape index (κ2) is 5.49. The molecule has 0 bridgehead atoms. The van der Waals surface area contributed by atoms with E-state index in [9.17, 15) is 0 Å². The third kappa shape index (κ3) is 2.57. The molecule has 0 atom stereocenters. The quantitative estimate of drug-likeness (QED) is 0.776. The lowest BCUT2D eigenvalue weighted by Gasteiger charge is -2.03. The van der Waals surface area contributed by atoms with E-state index in [0.29, 0.717) is 11.5 Å². The zero-order valence-electron chi connectivity index (χ0n) is 10.9. The Balaban J connectivity index is 1.99. The Morgan fingerprint density at radius 1 is 1.24 bits per heavy atom. The number of nitrogens with zero attached hydrogens (tertiary/aromatic N) is 4. The van der Waals surface area contributed by atoms with E-state index in [1.54, 1.807) is 7.11 Å². The summed E-state index contributed by atoms with van der Waals surface area (Å²) in [7, 11) is 1.60. The fraction of sp³-hybridized carbons (Fsp3) is 0.0769. The zero-order valence-corrected chi connectivity index (χ0v) is 12.5. The van der Waals surface area contributed by atoms with Crippen LogP contribution in [0.1, 0.15) is 0 Å². The van der Waals surface area contributed by atoms with Crippen molar-refractivity contribution in [3.63, 3.8) is 0 Å². The number of hydrogen-bond donors (Lipinski definition) is 1. The molecule has 0 spiro atoms. The largest absolute Gasteiger partial charge is 0.496 e. The number of aromatic nitrogens is 4. The van der Waals surface area contributed by atoms with Crippen molar-refractivity contribution < 1.29 is 9.26 Å². The Labute approximate surface area is 128 Å². The molecule has 106 valence electrons. The summed E-state index contributed by atoms with van der Waals surface area (Å²) in [5.41, 5.74) is 6.88. The van der Waals surface area contributed by atoms with Crippen LogP contribution in [0, 0.1) is 0 Å². The van der Waals surface area contributed by atoms with E-state index in [1.165, 1.54) is 12.4 Å². The molecule has 0 radical (unpaired) electrons. The molecule has 1 aromatic carbocycles. The Kier molecular flexibility index (Phi) is 3.53. The van der Waals surface area contributed by atoms with E-state index in [4.69, 9.17) is 15.0 Å². The molecule has 0 saturated carbocycles. The van der Waals surface area contributed by atoms with Crippen molar-refractivity contribution in [1.82, 2.24) is 20.1 Å². The molecular formula is C13H10BrN5O2. The van der Waals surface area contributed by atoms with Crippen LogP contribution in [0.3, 0.4) is 0 Å². The molecule has 0 saturated heterocycles. The van der Waals surface area contributed by atoms with Crippen LogP contribution < -0.4 is 10.5 Å². The van der Waals surface area contributed by atoms with Crippen LogP contribution in [0.15, 0.2) is 39.6 Å². The van der Waals surface area contributed by atoms with Gasteiger partial charge in [0.15, 0.2) is 11.5 Å². The SMILES string of the molecule is COc1ccc(-c2noc(-c3nccnc3N)n2)cc1Br. The summed E-state index contributed by atoms with van der Waals surface area (Å²) in [6, 6.07) is 5.48. The molecule has 2 N–H and O–H groups in total. The molecule has 7 nitrogen and oxygen atoms in total. The Hall–Kier alpha value is -2.48. The van der Waals surface area contributed by atoms with Gasteiger partial charge in [0.2, 0.25) is 5.82 Å². The number of nitrogen functional groups attached to an aromatic ring is 1. The van der Waals surface area contributed by atoms with Crippen LogP contribution >= 0.6 is 15.9 Å². The molecule has 0 amide bonds. The number of ether oxygens (including phenoxy) is 1. The van der Waals surface area contributed by atoms with Crippen molar-refractivity contribution >= 4 is 21.7 Å². The van der Waals surface area contributed by atoms with Gasteiger partial charge < -0.3 is 15.0 Å². The molecule has 3 aromatic rings. The first-order valence-corrected chi connectivity index (χ1v) is 6.73. The summed E-state index contributed by atoms with van der Waals surface area (Å²) < 4.78 is 11.2. The molecule has 2 aromatic heterocycles. The number of anilines is 1. The highest BCUT2D eigenvalue weighted by Crippen LogP contribution is 2.30. The molecule has 21 heavy (non-hydrogen) atoms. The van der Waals surface area contributed by atoms with Crippen LogP contribution in [0.5, 0.6) is 5.75 Å². The summed E-state index contributed by atoms with van der Waals surface area (Å²) in [6.07, 6.45) is 3.01. The van der Waals surface area contributed by atoms with E-state index >= 15 is 0 Å². The number of nitrogens with two attached hydrogens (primary N) is 1. The Morgan fingerprint density at radius 3 is 2.76 bits per heavy atom. The van der Waals surface area contributed by atoms with Gasteiger partial charge in [-0.05, 0) is 34.1 Å². The number of hydrogen-bond acceptors (Lipinski definition) is 7. The molecular weight excluding hydrogens is 338 g/mol. The minimum atomic E-state index is 0.225. The number of rotatable bonds is 3. The summed E-state index contributed by atoms with van der Waals surface area (Å²) in [5.74, 6) is 1.62. The molecule has 0 aliphatic rings. The second-order valence-electron chi connectivity index (χ2n) is 4.06. The highest BCUT2D eigenvalue weighted by molar-refractivity contribution is 9.10. The summed E-state index contributed by atoms with van der Waals surface area (Å²) in [5, 5.41) is 3.93. The van der Waals surface area contributed by atoms with Gasteiger partial charge >= 0.3 is 0 Å². The average molecular weight is 348 g/mol. The third-order valence-corrected chi connectivity index (χ3v) is 3.38. The minimum absolute atomic E-state index is 0.225. The van der Waals surface area contributed by atoms with E-state index in [-0.39, 0.29) is 11.7 Å². The van der Waals surface area contributed by atoms with Crippen LogP contribution in [0.2, 0.25) is 0 Å². The van der Waals surface area contributed by atoms with E-state index in [0.717, 1.165) is 15.8 Å². The van der Waals surface area contributed by atoms with Gasteiger partial charge in [-0.1, -0.05) is 5.16 Å². The predicted molar refractivity (Wildman–Crippen MR) is 79.4 cm³/mol. The van der Waals surface area contributed by atoms with Gasteiger partial charge in [0, 0.05) is 18.0 Å². The van der Waals surface area contributed by atoms with Gasteiger partial charge in [-0.15, -0.1) is 0 Å². The smallest absolute Gasteiger partial charge is 0.280 e. The molecule has 8 heteroatoms. The zero-order chi connectivity index (χ0) is 14.8. The first kappa shape index (κ1) is 13.5. The maximum Gasteiger partial charge on any atom is 0.280 e. The molecule has 0 aliphatic heterocycles. The van der Waals surface area contributed by atoms with Crippen molar-refractivity contribution in [3.8, 4) is 28.7 Å². The van der Waals surface area contributed by atoms with Crippen LogP contribution in [-0.4, -0.2) is 27.2 Å². The highest BCUT2D eigenvalue weighted by atomic mass is 79.9. The molecule has 0 aliphatic carbocycles. The number of methoxy groups -OCH3 is 1. The van der Waals surface area contributed by atoms with E-state index in [1.807, 2.05) is 18.2 Å². The lowest BCUT2D eigenvalue weighted by atomic mass is 10.2. The van der Waals surface area contributed by atoms with E-state index < -0.39 is 0 Å². The molecule has 0 unspecified atom stereocenters. The topological polar surface area (TPSA) is 100.0 Å². The summed E-state index contributed by atoms with van der Waals surface area (Å²) in [6.45, 7) is 0. The van der Waals surface area contributed by atoms with Gasteiger partial charge in [-0.25, -0.2) is 9.97 Å². The minimum Gasteiger partial charge on any atom is -0.496 e. The fourth-order valence-electron chi connectivity index (χ4n) is 1.76. The lowest BCUT2D eigenvalue weighted by Crippen LogP contribution is -1.96. The Bertz CT molecular complexity index is 790. The third-order valence-electron chi connectivity index (χ3n) is 2.77. The standard InChI is InChI=1S/C13H10BrN5O2/c1-20-9-3-2-7(6-8(9)14)12-18-13(21-19-12)10-11(15)17-5-4-16-10/h2-6H,1H3,(H2,15,17). The number of benzene rings is 1. The van der Waals surface area contributed by atoms with Crippen molar-refractivity contribution in [2.75, 3.05) is 12.8 Å². The number of halogens is 1. The van der Waals surface area contributed by atoms with Crippen LogP contribution in [-0.2, 0) is 0 Å². The molecule has 2 heterocycles. The molecule has 0 fully saturated rings. The maximum atomic E-state index is 5.74. The summed E-state index contributed by atoms with van der Waals surface area (Å²) in [4.78, 5) is 12.3. The van der Waals surface area contributed by atoms with Gasteiger partial charge in [0.05, 0.1) is 11.6 Å². The van der Waals surface area contributed by atoms with Gasteiger partial charge in [-0.3, -0.25) is 0 Å². The maximum absolute atomic E-state index is 5.74. The predicted octanol–water partition coefficient (Wildman–Crippen LogP) is 2.55.